The highest BCUT2D eigenvalue weighted by Crippen LogP contribution is 2.32. The molecule has 25 heavy (non-hydrogen) atoms. The largest absolute Gasteiger partial charge is 0.491 e. The number of hydrogen-bond donors (Lipinski definition) is 1. The number of hydrogen-bond acceptors (Lipinski definition) is 3. The summed E-state index contributed by atoms with van der Waals surface area (Å²) >= 11 is 0. The number of aromatic nitrogens is 1. The van der Waals surface area contributed by atoms with Crippen LogP contribution >= 0.6 is 0 Å². The van der Waals surface area contributed by atoms with Gasteiger partial charge in [-0.25, -0.2) is 4.39 Å². The van der Waals surface area contributed by atoms with Crippen LogP contribution < -0.4 is 10.4 Å². The monoisotopic (exact) mass is 340 g/mol. The number of amides is 1. The molecule has 7 heteroatoms. The lowest BCUT2D eigenvalue weighted by atomic mass is 9.79. The molecule has 1 N–H and O–H groups in total. The van der Waals surface area contributed by atoms with Gasteiger partial charge in [0.05, 0.1) is 17.9 Å². The Morgan fingerprint density at radius 2 is 2.04 bits per heavy atom. The summed E-state index contributed by atoms with van der Waals surface area (Å²) in [4.78, 5) is 14.8. The predicted molar refractivity (Wildman–Crippen MR) is 91.5 cm³/mol. The Kier molecular flexibility index (Phi) is 3.30. The van der Waals surface area contributed by atoms with Gasteiger partial charge in [0.25, 0.3) is 5.91 Å². The van der Waals surface area contributed by atoms with Crippen molar-refractivity contribution in [2.75, 3.05) is 11.4 Å². The lowest BCUT2D eigenvalue weighted by molar-refractivity contribution is 0.0979. The lowest BCUT2D eigenvalue weighted by Gasteiger charge is -2.30. The third-order valence-corrected chi connectivity index (χ3v) is 5.57. The van der Waals surface area contributed by atoms with Gasteiger partial charge in [0.2, 0.25) is 0 Å². The molecular weight excluding hydrogens is 322 g/mol. The molecule has 128 valence electrons. The number of rotatable bonds is 1. The Morgan fingerprint density at radius 1 is 1.16 bits per heavy atom. The summed E-state index contributed by atoms with van der Waals surface area (Å²) in [6.07, 6.45) is 4.08. The van der Waals surface area contributed by atoms with Gasteiger partial charge in [-0.2, -0.15) is 0 Å². The molecule has 0 spiro atoms. The van der Waals surface area contributed by atoms with Crippen LogP contribution in [0.4, 0.5) is 10.1 Å². The van der Waals surface area contributed by atoms with Crippen molar-refractivity contribution in [3.63, 3.8) is 0 Å². The molecule has 0 unspecified atom stereocenters. The highest BCUT2D eigenvalue weighted by Gasteiger charge is 2.36. The zero-order chi connectivity index (χ0) is 17.1. The number of fused-ring (bicyclic) bond motifs is 4. The molecule has 0 saturated carbocycles. The summed E-state index contributed by atoms with van der Waals surface area (Å²) < 4.78 is 21.6. The zero-order valence-corrected chi connectivity index (χ0v) is 13.8. The van der Waals surface area contributed by atoms with Crippen molar-refractivity contribution < 1.29 is 18.9 Å². The Morgan fingerprint density at radius 3 is 2.92 bits per heavy atom. The van der Waals surface area contributed by atoms with E-state index in [1.165, 1.54) is 17.8 Å². The highest BCUT2D eigenvalue weighted by molar-refractivity contribution is 6.61. The quantitative estimate of drug-likeness (QED) is 0.798. The second-order valence-electron chi connectivity index (χ2n) is 6.97. The molecule has 4 heterocycles. The first kappa shape index (κ1) is 15.2. The van der Waals surface area contributed by atoms with Crippen molar-refractivity contribution in [3.8, 4) is 0 Å². The minimum Gasteiger partial charge on any atom is -0.423 e. The molecular formula is C18H18BFN2O3. The van der Waals surface area contributed by atoms with Gasteiger partial charge in [-0.05, 0) is 48.5 Å². The van der Waals surface area contributed by atoms with Crippen molar-refractivity contribution in [2.24, 2.45) is 0 Å². The number of aryl methyl sites for hydroxylation is 1. The Balaban J connectivity index is 1.58. The van der Waals surface area contributed by atoms with Crippen molar-refractivity contribution in [1.29, 1.82) is 0 Å². The molecule has 3 aliphatic heterocycles. The van der Waals surface area contributed by atoms with Gasteiger partial charge in [-0.15, -0.1) is 0 Å². The number of carbonyl (C=O) groups is 1. The topological polar surface area (TPSA) is 54.7 Å². The van der Waals surface area contributed by atoms with Gasteiger partial charge in [-0.3, -0.25) is 4.79 Å². The van der Waals surface area contributed by atoms with Crippen LogP contribution in [0, 0.1) is 5.82 Å². The van der Waals surface area contributed by atoms with E-state index in [9.17, 15) is 14.2 Å². The van der Waals surface area contributed by atoms with Crippen molar-refractivity contribution in [3.05, 3.63) is 46.5 Å². The van der Waals surface area contributed by atoms with Crippen LogP contribution in [0.5, 0.6) is 0 Å². The maximum atomic E-state index is 14.1. The molecule has 0 bridgehead atoms. The molecule has 5 nitrogen and oxygen atoms in total. The van der Waals surface area contributed by atoms with E-state index in [4.69, 9.17) is 4.65 Å². The van der Waals surface area contributed by atoms with Crippen LogP contribution in [-0.2, 0) is 30.6 Å². The zero-order valence-electron chi connectivity index (χ0n) is 13.8. The summed E-state index contributed by atoms with van der Waals surface area (Å²) in [7, 11) is -1.12. The van der Waals surface area contributed by atoms with E-state index in [-0.39, 0.29) is 12.5 Å². The smallest absolute Gasteiger partial charge is 0.423 e. The maximum Gasteiger partial charge on any atom is 0.491 e. The van der Waals surface area contributed by atoms with Crippen LogP contribution in [0.2, 0.25) is 0 Å². The molecule has 1 aromatic heterocycles. The van der Waals surface area contributed by atoms with Crippen molar-refractivity contribution in [1.82, 2.24) is 4.57 Å². The molecule has 2 aromatic rings. The molecule has 0 atom stereocenters. The van der Waals surface area contributed by atoms with Crippen LogP contribution in [-0.4, -0.2) is 29.2 Å². The second-order valence-corrected chi connectivity index (χ2v) is 6.97. The standard InChI is InChI=1S/C18H18BFN2O3/c20-11-7-15-14(10-25-19(15)24)17(8-11)22-6-4-16-13(18(22)23)9-12-3-1-2-5-21(12)16/h7-9,24H,1-6,10H2. The van der Waals surface area contributed by atoms with Gasteiger partial charge in [0, 0.05) is 30.9 Å². The number of halogens is 1. The molecule has 0 radical (unpaired) electrons. The molecule has 0 aliphatic carbocycles. The average molecular weight is 340 g/mol. The highest BCUT2D eigenvalue weighted by atomic mass is 19.1. The number of nitrogens with zero attached hydrogens (tertiary/aromatic N) is 2. The summed E-state index contributed by atoms with van der Waals surface area (Å²) in [5.41, 5.74) is 4.72. The minimum absolute atomic E-state index is 0.0858. The van der Waals surface area contributed by atoms with E-state index in [2.05, 4.69) is 4.57 Å². The first-order chi connectivity index (χ1) is 12.1. The molecule has 5 rings (SSSR count). The van der Waals surface area contributed by atoms with E-state index in [0.717, 1.165) is 43.5 Å². The maximum absolute atomic E-state index is 14.1. The van der Waals surface area contributed by atoms with Crippen LogP contribution in [0.25, 0.3) is 0 Å². The van der Waals surface area contributed by atoms with E-state index >= 15 is 0 Å². The molecule has 0 saturated heterocycles. The van der Waals surface area contributed by atoms with E-state index in [1.54, 1.807) is 4.90 Å². The first-order valence-electron chi connectivity index (χ1n) is 8.78. The number of benzene rings is 1. The lowest BCUT2D eigenvalue weighted by Crippen LogP contribution is -2.39. The van der Waals surface area contributed by atoms with Gasteiger partial charge in [-0.1, -0.05) is 0 Å². The summed E-state index contributed by atoms with van der Waals surface area (Å²) in [6, 6.07) is 4.67. The molecule has 1 amide bonds. The van der Waals surface area contributed by atoms with Crippen molar-refractivity contribution >= 4 is 24.2 Å². The van der Waals surface area contributed by atoms with E-state index < -0.39 is 12.9 Å². The first-order valence-corrected chi connectivity index (χ1v) is 8.78. The fourth-order valence-corrected chi connectivity index (χ4v) is 4.37. The predicted octanol–water partition coefficient (Wildman–Crippen LogP) is 1.38. The SMILES string of the molecule is O=C1c2cc3n(c2CCN1c1cc(F)cc2c1COB2O)CCCC3. The Labute approximate surface area is 145 Å². The number of carbonyl (C=O) groups excluding carboxylic acids is 1. The van der Waals surface area contributed by atoms with Gasteiger partial charge in [0.15, 0.2) is 0 Å². The minimum atomic E-state index is -1.12. The van der Waals surface area contributed by atoms with Gasteiger partial charge < -0.3 is 19.1 Å². The fourth-order valence-electron chi connectivity index (χ4n) is 4.37. The molecule has 0 fully saturated rings. The van der Waals surface area contributed by atoms with Crippen LogP contribution in [0.3, 0.4) is 0 Å². The molecule has 1 aromatic carbocycles. The average Bonchev–Trinajstić information content (AvgIpc) is 3.17. The van der Waals surface area contributed by atoms with Gasteiger partial charge >= 0.3 is 7.12 Å². The Hall–Kier alpha value is -2.12. The van der Waals surface area contributed by atoms with Crippen molar-refractivity contribution in [2.45, 2.75) is 38.8 Å². The fraction of sp³-hybridized carbons (Fsp3) is 0.389. The van der Waals surface area contributed by atoms with Crippen LogP contribution in [0.15, 0.2) is 18.2 Å². The van der Waals surface area contributed by atoms with E-state index in [0.29, 0.717) is 23.3 Å². The second kappa shape index (κ2) is 5.44. The summed E-state index contributed by atoms with van der Waals surface area (Å²) in [6.45, 7) is 1.68. The normalized spacial score (nSPS) is 19.0. The summed E-state index contributed by atoms with van der Waals surface area (Å²) in [5, 5.41) is 9.87. The third kappa shape index (κ3) is 2.19. The molecule has 3 aliphatic rings. The number of anilines is 1. The summed E-state index contributed by atoms with van der Waals surface area (Å²) in [5.74, 6) is -0.551. The van der Waals surface area contributed by atoms with E-state index in [1.807, 2.05) is 6.07 Å². The van der Waals surface area contributed by atoms with Gasteiger partial charge in [0.1, 0.15) is 5.82 Å². The third-order valence-electron chi connectivity index (χ3n) is 5.57. The van der Waals surface area contributed by atoms with Crippen LogP contribution in [0.1, 0.15) is 40.2 Å². The Bertz CT molecular complexity index is 895.